The number of fused-ring (bicyclic) bond motifs is 1. The summed E-state index contributed by atoms with van der Waals surface area (Å²) in [6, 6.07) is 10.4. The summed E-state index contributed by atoms with van der Waals surface area (Å²) >= 11 is 6.29. The van der Waals surface area contributed by atoms with Gasteiger partial charge in [-0.1, -0.05) is 11.6 Å². The fourth-order valence-electron chi connectivity index (χ4n) is 2.79. The normalized spacial score (nSPS) is 11.1. The lowest BCUT2D eigenvalue weighted by Crippen LogP contribution is -2.16. The van der Waals surface area contributed by atoms with Crippen molar-refractivity contribution in [1.82, 2.24) is 5.43 Å². The number of furan rings is 1. The van der Waals surface area contributed by atoms with E-state index in [9.17, 15) is 4.79 Å². The van der Waals surface area contributed by atoms with Gasteiger partial charge in [0.2, 0.25) is 0 Å². The molecule has 158 valence electrons. The monoisotopic (exact) mass is 430 g/mol. The Morgan fingerprint density at radius 1 is 1.03 bits per heavy atom. The summed E-state index contributed by atoms with van der Waals surface area (Å²) in [7, 11) is 0. The van der Waals surface area contributed by atoms with E-state index in [1.165, 1.54) is 6.21 Å². The Morgan fingerprint density at radius 2 is 1.73 bits per heavy atom. The van der Waals surface area contributed by atoms with E-state index in [4.69, 9.17) is 30.2 Å². The molecule has 0 bridgehead atoms. The van der Waals surface area contributed by atoms with Crippen molar-refractivity contribution in [2.24, 2.45) is 5.10 Å². The van der Waals surface area contributed by atoms with Gasteiger partial charge in [-0.05, 0) is 51.1 Å². The molecule has 0 saturated heterocycles. The van der Waals surface area contributed by atoms with Crippen LogP contribution in [0.4, 0.5) is 0 Å². The van der Waals surface area contributed by atoms with Crippen LogP contribution in [-0.4, -0.2) is 31.9 Å². The Labute approximate surface area is 179 Å². The van der Waals surface area contributed by atoms with Crippen LogP contribution in [0.2, 0.25) is 5.02 Å². The number of hydrogen-bond donors (Lipinski definition) is 1. The summed E-state index contributed by atoms with van der Waals surface area (Å²) in [5.74, 6) is 1.49. The largest absolute Gasteiger partial charge is 0.494 e. The maximum absolute atomic E-state index is 12.4. The van der Waals surface area contributed by atoms with E-state index >= 15 is 0 Å². The van der Waals surface area contributed by atoms with Crippen molar-refractivity contribution in [2.75, 3.05) is 19.8 Å². The quantitative estimate of drug-likeness (QED) is 0.379. The fraction of sp³-hybridized carbons (Fsp3) is 0.273. The molecule has 3 rings (SSSR count). The molecule has 0 aliphatic heterocycles. The highest BCUT2D eigenvalue weighted by molar-refractivity contribution is 6.33. The minimum absolute atomic E-state index is 0.142. The first-order valence-corrected chi connectivity index (χ1v) is 10.0. The van der Waals surface area contributed by atoms with Crippen molar-refractivity contribution in [2.45, 2.75) is 20.8 Å². The third-order valence-corrected chi connectivity index (χ3v) is 4.38. The summed E-state index contributed by atoms with van der Waals surface area (Å²) in [5.41, 5.74) is 3.61. The SMILES string of the molecule is CCOc1ccc2oc(C(=O)N/N=C/c3cc(OCC)c(OCC)cc3Cl)cc2c1. The number of hydrazone groups is 1. The molecule has 0 aliphatic carbocycles. The summed E-state index contributed by atoms with van der Waals surface area (Å²) in [6.07, 6.45) is 1.44. The molecule has 1 amide bonds. The summed E-state index contributed by atoms with van der Waals surface area (Å²) in [6.45, 7) is 7.19. The standard InChI is InChI=1S/C22H23ClN2O5/c1-4-27-16-7-8-18-14(9-16)10-21(30-18)22(26)25-24-13-15-11-19(28-5-2)20(29-6-3)12-17(15)23/h7-13H,4-6H2,1-3H3,(H,25,26)/b24-13+. The van der Waals surface area contributed by atoms with Crippen LogP contribution >= 0.6 is 11.6 Å². The first-order chi connectivity index (χ1) is 14.5. The highest BCUT2D eigenvalue weighted by atomic mass is 35.5. The molecule has 30 heavy (non-hydrogen) atoms. The zero-order chi connectivity index (χ0) is 21.5. The minimum Gasteiger partial charge on any atom is -0.494 e. The number of nitrogens with zero attached hydrogens (tertiary/aromatic N) is 1. The van der Waals surface area contributed by atoms with Gasteiger partial charge in [-0.3, -0.25) is 4.79 Å². The van der Waals surface area contributed by atoms with Crippen LogP contribution in [-0.2, 0) is 0 Å². The van der Waals surface area contributed by atoms with Gasteiger partial charge in [0.05, 0.1) is 31.1 Å². The van der Waals surface area contributed by atoms with Crippen LogP contribution in [0.3, 0.4) is 0 Å². The third kappa shape index (κ3) is 5.04. The number of carbonyl (C=O) groups excluding carboxylic acids is 1. The highest BCUT2D eigenvalue weighted by Crippen LogP contribution is 2.33. The number of ether oxygens (including phenoxy) is 3. The molecular formula is C22H23ClN2O5. The summed E-state index contributed by atoms with van der Waals surface area (Å²) in [5, 5.41) is 5.18. The van der Waals surface area contributed by atoms with Crippen LogP contribution < -0.4 is 19.6 Å². The third-order valence-electron chi connectivity index (χ3n) is 4.06. The zero-order valence-electron chi connectivity index (χ0n) is 17.0. The Kier molecular flexibility index (Phi) is 7.19. The Morgan fingerprint density at radius 3 is 2.43 bits per heavy atom. The van der Waals surface area contributed by atoms with Gasteiger partial charge in [-0.15, -0.1) is 0 Å². The highest BCUT2D eigenvalue weighted by Gasteiger charge is 2.13. The average Bonchev–Trinajstić information content (AvgIpc) is 3.15. The van der Waals surface area contributed by atoms with Crippen LogP contribution in [0.25, 0.3) is 11.0 Å². The smallest absolute Gasteiger partial charge is 0.307 e. The number of amides is 1. The molecule has 0 saturated carbocycles. The number of carbonyl (C=O) groups is 1. The number of benzene rings is 2. The van der Waals surface area contributed by atoms with Crippen LogP contribution in [0, 0.1) is 0 Å². The average molecular weight is 431 g/mol. The van der Waals surface area contributed by atoms with E-state index < -0.39 is 5.91 Å². The molecule has 0 unspecified atom stereocenters. The van der Waals surface area contributed by atoms with Crippen molar-refractivity contribution in [3.05, 3.63) is 52.7 Å². The van der Waals surface area contributed by atoms with Gasteiger partial charge in [-0.25, -0.2) is 5.43 Å². The van der Waals surface area contributed by atoms with Crippen LogP contribution in [0.15, 0.2) is 45.9 Å². The minimum atomic E-state index is -0.479. The van der Waals surface area contributed by atoms with Crippen molar-refractivity contribution in [3.63, 3.8) is 0 Å². The van der Waals surface area contributed by atoms with Crippen LogP contribution in [0.1, 0.15) is 36.9 Å². The van der Waals surface area contributed by atoms with Gasteiger partial charge in [0.25, 0.3) is 0 Å². The van der Waals surface area contributed by atoms with Crippen LogP contribution in [0.5, 0.6) is 17.2 Å². The van der Waals surface area contributed by atoms with Gasteiger partial charge < -0.3 is 18.6 Å². The first kappa shape index (κ1) is 21.5. The molecule has 1 N–H and O–H groups in total. The number of hydrogen-bond acceptors (Lipinski definition) is 6. The lowest BCUT2D eigenvalue weighted by molar-refractivity contribution is 0.0929. The van der Waals surface area contributed by atoms with Gasteiger partial charge >= 0.3 is 5.91 Å². The number of halogens is 1. The molecule has 0 aliphatic rings. The van der Waals surface area contributed by atoms with Gasteiger partial charge in [0.1, 0.15) is 11.3 Å². The summed E-state index contributed by atoms with van der Waals surface area (Å²) in [4.78, 5) is 12.4. The van der Waals surface area contributed by atoms with Gasteiger partial charge in [0.15, 0.2) is 17.3 Å². The molecule has 0 fully saturated rings. The zero-order valence-corrected chi connectivity index (χ0v) is 17.8. The van der Waals surface area contributed by atoms with Crippen molar-refractivity contribution >= 4 is 34.7 Å². The molecule has 3 aromatic rings. The maximum atomic E-state index is 12.4. The van der Waals surface area contributed by atoms with E-state index in [2.05, 4.69) is 10.5 Å². The summed E-state index contributed by atoms with van der Waals surface area (Å²) < 4.78 is 22.2. The van der Waals surface area contributed by atoms with Gasteiger partial charge in [0, 0.05) is 17.0 Å². The predicted octanol–water partition coefficient (Wildman–Crippen LogP) is 5.05. The molecule has 0 atom stereocenters. The van der Waals surface area contributed by atoms with E-state index in [-0.39, 0.29) is 5.76 Å². The fourth-order valence-corrected chi connectivity index (χ4v) is 2.99. The number of nitrogens with one attached hydrogen (secondary N) is 1. The van der Waals surface area contributed by atoms with E-state index in [0.717, 1.165) is 5.39 Å². The molecular weight excluding hydrogens is 408 g/mol. The topological polar surface area (TPSA) is 82.3 Å². The van der Waals surface area contributed by atoms with E-state index in [0.29, 0.717) is 53.2 Å². The second kappa shape index (κ2) is 10.0. The first-order valence-electron chi connectivity index (χ1n) is 9.64. The second-order valence-electron chi connectivity index (χ2n) is 6.13. The van der Waals surface area contributed by atoms with Crippen molar-refractivity contribution < 1.29 is 23.4 Å². The van der Waals surface area contributed by atoms with E-state index in [1.807, 2.05) is 26.8 Å². The Balaban J connectivity index is 1.73. The molecule has 0 radical (unpaired) electrons. The lowest BCUT2D eigenvalue weighted by atomic mass is 10.2. The molecule has 1 aromatic heterocycles. The predicted molar refractivity (Wildman–Crippen MR) is 116 cm³/mol. The second-order valence-corrected chi connectivity index (χ2v) is 6.54. The maximum Gasteiger partial charge on any atom is 0.307 e. The molecule has 7 nitrogen and oxygen atoms in total. The molecule has 8 heteroatoms. The number of rotatable bonds is 9. The Bertz CT molecular complexity index is 1060. The van der Waals surface area contributed by atoms with Crippen molar-refractivity contribution in [1.29, 1.82) is 0 Å². The van der Waals surface area contributed by atoms with Crippen molar-refractivity contribution in [3.8, 4) is 17.2 Å². The van der Waals surface area contributed by atoms with Gasteiger partial charge in [-0.2, -0.15) is 5.10 Å². The molecule has 2 aromatic carbocycles. The lowest BCUT2D eigenvalue weighted by Gasteiger charge is -2.12. The Hall–Kier alpha value is -3.19. The molecule has 1 heterocycles. The van der Waals surface area contributed by atoms with E-state index in [1.54, 1.807) is 30.3 Å². The molecule has 0 spiro atoms.